The lowest BCUT2D eigenvalue weighted by Crippen LogP contribution is -2.64. The van der Waals surface area contributed by atoms with Gasteiger partial charge in [0.2, 0.25) is 10.0 Å². The average Bonchev–Trinajstić information content (AvgIpc) is 3.88. The molecule has 7 aliphatic rings. The van der Waals surface area contributed by atoms with Crippen molar-refractivity contribution in [1.29, 1.82) is 0 Å². The molecular formula is C32H41N7O5S. The van der Waals surface area contributed by atoms with Crippen molar-refractivity contribution in [2.75, 3.05) is 54.0 Å². The smallest absolute Gasteiger partial charge is 0.405 e. The first-order chi connectivity index (χ1) is 21.7. The molecule has 2 atom stereocenters. The Bertz CT molecular complexity index is 1580. The van der Waals surface area contributed by atoms with Crippen molar-refractivity contribution in [2.45, 2.75) is 61.8 Å². The molecule has 2 unspecified atom stereocenters. The number of nitrogens with one attached hydrogen (secondary N) is 1. The summed E-state index contributed by atoms with van der Waals surface area (Å²) < 4.78 is 32.6. The average molecular weight is 636 g/mol. The topological polar surface area (TPSA) is 141 Å². The lowest BCUT2D eigenvalue weighted by molar-refractivity contribution is -0.137. The van der Waals surface area contributed by atoms with Gasteiger partial charge in [-0.25, -0.2) is 23.0 Å². The van der Waals surface area contributed by atoms with Gasteiger partial charge in [-0.2, -0.15) is 4.31 Å². The van der Waals surface area contributed by atoms with Crippen LogP contribution < -0.4 is 25.8 Å². The number of nitrogens with two attached hydrogens (primary N) is 1. The molecule has 45 heavy (non-hydrogen) atoms. The Hall–Kier alpha value is -3.58. The number of aromatic nitrogens is 1. The number of amides is 3. The highest BCUT2D eigenvalue weighted by molar-refractivity contribution is 7.90. The Labute approximate surface area is 263 Å². The Balaban J connectivity index is 0.938. The SMILES string of the molecule is NC(=O)OC12CC3CC(C1)C(NC(=O)N1CCN(c4ccc(N5CCN(S(=O)(=O)C6CC6)CC5)cn4)c4ccccc41)C(C3)C2. The second-order valence-electron chi connectivity index (χ2n) is 13.8. The van der Waals surface area contributed by atoms with Crippen LogP contribution >= 0.6 is 0 Å². The molecule has 9 rings (SSSR count). The van der Waals surface area contributed by atoms with Crippen LogP contribution in [0.15, 0.2) is 42.6 Å². The third-order valence-corrected chi connectivity index (χ3v) is 13.4. The molecule has 6 fully saturated rings. The fourth-order valence-corrected chi connectivity index (χ4v) is 10.9. The van der Waals surface area contributed by atoms with Gasteiger partial charge < -0.3 is 25.6 Å². The summed E-state index contributed by atoms with van der Waals surface area (Å²) in [4.78, 5) is 36.5. The van der Waals surface area contributed by atoms with E-state index in [0.29, 0.717) is 45.2 Å². The summed E-state index contributed by atoms with van der Waals surface area (Å²) in [6.45, 7) is 3.41. The van der Waals surface area contributed by atoms with E-state index in [9.17, 15) is 18.0 Å². The molecule has 3 N–H and O–H groups in total. The lowest BCUT2D eigenvalue weighted by Gasteiger charge is -2.59. The Morgan fingerprint density at radius 3 is 2.27 bits per heavy atom. The Morgan fingerprint density at radius 1 is 0.911 bits per heavy atom. The largest absolute Gasteiger partial charge is 0.443 e. The maximum Gasteiger partial charge on any atom is 0.405 e. The van der Waals surface area contributed by atoms with Crippen LogP contribution in [-0.4, -0.2) is 86.0 Å². The second-order valence-corrected chi connectivity index (χ2v) is 16.1. The van der Waals surface area contributed by atoms with E-state index in [2.05, 4.69) is 21.2 Å². The zero-order chi connectivity index (χ0) is 30.9. The normalized spacial score (nSPS) is 31.1. The van der Waals surface area contributed by atoms with E-state index in [0.717, 1.165) is 67.8 Å². The Morgan fingerprint density at radius 2 is 1.62 bits per heavy atom. The van der Waals surface area contributed by atoms with Crippen molar-refractivity contribution < 1.29 is 22.7 Å². The number of ether oxygens (including phenoxy) is 1. The summed E-state index contributed by atoms with van der Waals surface area (Å²) in [6.07, 6.45) is 7.24. The molecule has 5 saturated carbocycles. The predicted octanol–water partition coefficient (Wildman–Crippen LogP) is 3.41. The number of benzene rings is 1. The molecule has 13 heteroatoms. The maximum atomic E-state index is 13.8. The van der Waals surface area contributed by atoms with Crippen LogP contribution in [-0.2, 0) is 14.8 Å². The van der Waals surface area contributed by atoms with E-state index in [1.807, 2.05) is 41.4 Å². The molecule has 240 valence electrons. The fraction of sp³-hybridized carbons (Fsp3) is 0.594. The molecule has 12 nitrogen and oxygen atoms in total. The number of sulfonamides is 1. The highest BCUT2D eigenvalue weighted by Gasteiger charge is 2.57. The third-order valence-electron chi connectivity index (χ3n) is 11.0. The van der Waals surface area contributed by atoms with Crippen molar-refractivity contribution in [3.05, 3.63) is 42.6 Å². The van der Waals surface area contributed by atoms with E-state index in [-0.39, 0.29) is 29.2 Å². The summed E-state index contributed by atoms with van der Waals surface area (Å²) >= 11 is 0. The minimum atomic E-state index is -3.14. The van der Waals surface area contributed by atoms with Gasteiger partial charge in [0.25, 0.3) is 0 Å². The monoisotopic (exact) mass is 635 g/mol. The van der Waals surface area contributed by atoms with Crippen LogP contribution in [0.5, 0.6) is 0 Å². The first-order valence-corrected chi connectivity index (χ1v) is 17.8. The highest BCUT2D eigenvalue weighted by Crippen LogP contribution is 2.57. The number of carbonyl (C=O) groups is 2. The van der Waals surface area contributed by atoms with E-state index in [4.69, 9.17) is 15.5 Å². The minimum absolute atomic E-state index is 0.0636. The van der Waals surface area contributed by atoms with E-state index in [1.54, 1.807) is 4.31 Å². The number of para-hydroxylation sites is 2. The number of primary amides is 1. The molecule has 4 bridgehead atoms. The summed E-state index contributed by atoms with van der Waals surface area (Å²) in [5.74, 6) is 1.89. The molecule has 2 aliphatic heterocycles. The molecule has 5 aliphatic carbocycles. The highest BCUT2D eigenvalue weighted by atomic mass is 32.2. The number of hydrogen-bond acceptors (Lipinski definition) is 8. The zero-order valence-electron chi connectivity index (χ0n) is 25.4. The first kappa shape index (κ1) is 28.9. The second kappa shape index (κ2) is 10.8. The van der Waals surface area contributed by atoms with Crippen LogP contribution in [0.2, 0.25) is 0 Å². The van der Waals surface area contributed by atoms with Crippen molar-refractivity contribution in [2.24, 2.45) is 23.5 Å². The van der Waals surface area contributed by atoms with E-state index >= 15 is 0 Å². The van der Waals surface area contributed by atoms with Gasteiger partial charge >= 0.3 is 12.1 Å². The van der Waals surface area contributed by atoms with Gasteiger partial charge in [0.05, 0.1) is 28.5 Å². The number of fused-ring (bicyclic) bond motifs is 1. The van der Waals surface area contributed by atoms with Gasteiger partial charge in [-0.1, -0.05) is 12.1 Å². The van der Waals surface area contributed by atoms with Crippen molar-refractivity contribution in [3.63, 3.8) is 0 Å². The van der Waals surface area contributed by atoms with Gasteiger partial charge in [0.1, 0.15) is 11.4 Å². The van der Waals surface area contributed by atoms with Crippen LogP contribution in [0.1, 0.15) is 44.9 Å². The first-order valence-electron chi connectivity index (χ1n) is 16.3. The minimum Gasteiger partial charge on any atom is -0.443 e. The van der Waals surface area contributed by atoms with Gasteiger partial charge in [-0.3, -0.25) is 4.90 Å². The van der Waals surface area contributed by atoms with Crippen LogP contribution in [0.25, 0.3) is 0 Å². The van der Waals surface area contributed by atoms with Gasteiger partial charge in [-0.15, -0.1) is 0 Å². The molecule has 3 amide bonds. The van der Waals surface area contributed by atoms with Gasteiger partial charge in [-0.05, 0) is 87.0 Å². The number of piperazine rings is 1. The van der Waals surface area contributed by atoms with Crippen LogP contribution in [0, 0.1) is 17.8 Å². The van der Waals surface area contributed by atoms with E-state index < -0.39 is 21.7 Å². The van der Waals surface area contributed by atoms with Crippen molar-refractivity contribution >= 4 is 45.0 Å². The summed E-state index contributed by atoms with van der Waals surface area (Å²) in [7, 11) is -3.14. The molecule has 2 aromatic rings. The number of anilines is 4. The molecule has 0 spiro atoms. The van der Waals surface area contributed by atoms with E-state index in [1.165, 1.54) is 0 Å². The molecular weight excluding hydrogens is 594 g/mol. The molecule has 0 radical (unpaired) electrons. The maximum absolute atomic E-state index is 13.8. The summed E-state index contributed by atoms with van der Waals surface area (Å²) in [5, 5.41) is 3.23. The zero-order valence-corrected chi connectivity index (χ0v) is 26.2. The lowest BCUT2D eigenvalue weighted by atomic mass is 9.52. The summed E-state index contributed by atoms with van der Waals surface area (Å²) in [5.41, 5.74) is 7.71. The van der Waals surface area contributed by atoms with Crippen molar-refractivity contribution in [3.8, 4) is 0 Å². The number of carbonyl (C=O) groups excluding carboxylic acids is 2. The predicted molar refractivity (Wildman–Crippen MR) is 170 cm³/mol. The van der Waals surface area contributed by atoms with Crippen LogP contribution in [0.4, 0.5) is 32.5 Å². The van der Waals surface area contributed by atoms with Crippen LogP contribution in [0.3, 0.4) is 0 Å². The number of rotatable bonds is 6. The number of nitrogens with zero attached hydrogens (tertiary/aromatic N) is 5. The molecule has 1 aromatic carbocycles. The molecule has 1 aromatic heterocycles. The quantitative estimate of drug-likeness (QED) is 0.492. The molecule has 1 saturated heterocycles. The Kier molecular flexibility index (Phi) is 6.90. The van der Waals surface area contributed by atoms with Crippen molar-refractivity contribution in [1.82, 2.24) is 14.6 Å². The molecule has 3 heterocycles. The fourth-order valence-electron chi connectivity index (χ4n) is 9.06. The van der Waals surface area contributed by atoms with Gasteiger partial charge in [0, 0.05) is 45.3 Å². The number of urea groups is 1. The summed E-state index contributed by atoms with van der Waals surface area (Å²) in [6, 6.07) is 12.0. The number of hydrogen-bond donors (Lipinski definition) is 2. The third kappa shape index (κ3) is 5.17. The number of pyridine rings is 1. The van der Waals surface area contributed by atoms with Gasteiger partial charge in [0.15, 0.2) is 0 Å². The standard InChI is InChI=1S/C32H41N7O5S/c33-30(40)44-32-17-21-15-22(18-32)29(23(16-21)19-32)35-31(41)39-14-13-38(26-3-1-2-4-27(26)39)28-8-5-24(20-34-28)36-9-11-37(12-10-36)45(42,43)25-6-7-25/h1-5,8,20-23,25,29H,6-7,9-19H2,(H2,33,40)(H,35,41).